The summed E-state index contributed by atoms with van der Waals surface area (Å²) in [7, 11) is -14.0. The molecule has 22 heavy (non-hydrogen) atoms. The summed E-state index contributed by atoms with van der Waals surface area (Å²) in [4.78, 5) is 0. The number of sulfonamides is 1. The fraction of sp³-hybridized carbons (Fsp3) is 1.00. The molecule has 0 aliphatic carbocycles. The number of halogens is 10. The van der Waals surface area contributed by atoms with Crippen LogP contribution in [0.2, 0.25) is 0 Å². The number of alkyl halides is 9. The zero-order valence-corrected chi connectivity index (χ0v) is 12.9. The Kier molecular flexibility index (Phi) is 5.75. The molecule has 134 valence electrons. The van der Waals surface area contributed by atoms with Gasteiger partial charge in [-0.1, -0.05) is 0 Å². The Labute approximate surface area is 129 Å². The van der Waals surface area contributed by atoms with Gasteiger partial charge in [0.1, 0.15) is 0 Å². The van der Waals surface area contributed by atoms with Gasteiger partial charge in [0, 0.05) is 22.6 Å². The smallest absolute Gasteiger partial charge is 0.402 e. The average molecular weight is 504 g/mol. The third-order valence-electron chi connectivity index (χ3n) is 1.44. The van der Waals surface area contributed by atoms with Gasteiger partial charge in [-0.25, -0.2) is 21.6 Å². The van der Waals surface area contributed by atoms with E-state index >= 15 is 0 Å². The second-order valence-corrected chi connectivity index (χ2v) is 7.35. The van der Waals surface area contributed by atoms with Crippen LogP contribution < -0.4 is 0 Å². The molecule has 0 N–H and O–H groups in total. The van der Waals surface area contributed by atoms with E-state index in [1.807, 2.05) is 4.74 Å². The molecule has 0 radical (unpaired) electrons. The molecule has 0 fully saturated rings. The Morgan fingerprint density at radius 3 is 1.45 bits per heavy atom. The van der Waals surface area contributed by atoms with Crippen LogP contribution in [0.3, 0.4) is 0 Å². The summed E-state index contributed by atoms with van der Waals surface area (Å²) in [5.41, 5.74) is 0. The van der Waals surface area contributed by atoms with Crippen LogP contribution in [0.1, 0.15) is 0 Å². The van der Waals surface area contributed by atoms with Gasteiger partial charge in [-0.05, 0) is 0 Å². The molecule has 0 unspecified atom stereocenters. The molecular formula is C4F9INO5S2-. The minimum atomic E-state index is -7.32. The van der Waals surface area contributed by atoms with Gasteiger partial charge in [0.25, 0.3) is 0 Å². The highest BCUT2D eigenvalue weighted by atomic mass is 127. The molecule has 0 aromatic heterocycles. The summed E-state index contributed by atoms with van der Waals surface area (Å²) in [6, 6.07) is 0. The van der Waals surface area contributed by atoms with Crippen molar-refractivity contribution in [3.8, 4) is 0 Å². The maximum Gasteiger partial charge on any atom is 0.437 e. The van der Waals surface area contributed by atoms with Crippen LogP contribution >= 0.6 is 22.6 Å². The van der Waals surface area contributed by atoms with E-state index < -0.39 is 64.4 Å². The van der Waals surface area contributed by atoms with Crippen molar-refractivity contribution in [1.82, 2.24) is 0 Å². The summed E-state index contributed by atoms with van der Waals surface area (Å²) in [5.74, 6) is 0. The van der Waals surface area contributed by atoms with Crippen LogP contribution in [-0.2, 0) is 25.2 Å². The zero-order valence-electron chi connectivity index (χ0n) is 9.08. The number of hydrogen-bond acceptors (Lipinski definition) is 5. The largest absolute Gasteiger partial charge is 0.437 e. The van der Waals surface area contributed by atoms with Crippen molar-refractivity contribution in [3.05, 3.63) is 4.13 Å². The van der Waals surface area contributed by atoms with Crippen molar-refractivity contribution < 1.29 is 60.6 Å². The van der Waals surface area contributed by atoms with E-state index in [-0.39, 0.29) is 0 Å². The number of rotatable bonds is 7. The summed E-state index contributed by atoms with van der Waals surface area (Å²) < 4.78 is 150. The van der Waals surface area contributed by atoms with Gasteiger partial charge in [-0.15, -0.1) is 3.89 Å². The van der Waals surface area contributed by atoms with Crippen LogP contribution in [0.15, 0.2) is 0 Å². The third kappa shape index (κ3) is 4.71. The van der Waals surface area contributed by atoms with Crippen LogP contribution in [0, 0.1) is 0 Å². The molecule has 0 amide bonds. The zero-order chi connectivity index (χ0) is 18.4. The summed E-state index contributed by atoms with van der Waals surface area (Å²) >= 11 is -0.485. The number of hydrogen-bond donors (Lipinski definition) is 0. The van der Waals surface area contributed by atoms with E-state index in [1.54, 1.807) is 0 Å². The molecule has 18 heteroatoms. The lowest BCUT2D eigenvalue weighted by atomic mass is 10.6. The van der Waals surface area contributed by atoms with E-state index in [9.17, 15) is 55.8 Å². The molecule has 0 aromatic carbocycles. The summed E-state index contributed by atoms with van der Waals surface area (Å²) in [6.45, 7) is 0. The van der Waals surface area contributed by atoms with Crippen molar-refractivity contribution >= 4 is 43.0 Å². The molecule has 0 aromatic rings. The Hall–Kier alpha value is -0.0800. The van der Waals surface area contributed by atoms with Crippen LogP contribution in [0.25, 0.3) is 4.13 Å². The average Bonchev–Trinajstić information content (AvgIpc) is 2.08. The van der Waals surface area contributed by atoms with E-state index in [4.69, 9.17) is 0 Å². The van der Waals surface area contributed by atoms with Crippen LogP contribution in [0.4, 0.5) is 39.0 Å². The van der Waals surface area contributed by atoms with Crippen LogP contribution in [-0.4, -0.2) is 38.2 Å². The standard InChI is InChI=1S/C4F9INO5S2/c5-1(6,14)2(7,8)20-3(9,10)4(11,12)21(16,17)15-22(13,18)19/q-1. The Balaban J connectivity index is 5.79. The topological polar surface area (TPSA) is 91.6 Å². The quantitative estimate of drug-likeness (QED) is 0.230. The highest BCUT2D eigenvalue weighted by Gasteiger charge is 2.71. The molecule has 6 nitrogen and oxygen atoms in total. The fourth-order valence-electron chi connectivity index (χ4n) is 0.592. The molecule has 0 saturated heterocycles. The molecule has 0 aliphatic rings. The minimum absolute atomic E-state index is 0.485. The molecule has 0 bridgehead atoms. The van der Waals surface area contributed by atoms with Gasteiger partial charge in [-0.2, -0.15) is 35.1 Å². The van der Waals surface area contributed by atoms with Crippen molar-refractivity contribution in [2.75, 3.05) is 0 Å². The SMILES string of the molecule is O=S(=O)(F)[N-]S(=O)(=O)C(F)(F)C(F)(F)OC(F)(F)C(F)(F)I. The maximum absolute atomic E-state index is 12.9. The lowest BCUT2D eigenvalue weighted by Crippen LogP contribution is -2.54. The van der Waals surface area contributed by atoms with Gasteiger partial charge < -0.3 is 4.13 Å². The maximum atomic E-state index is 12.9. The Morgan fingerprint density at radius 2 is 1.18 bits per heavy atom. The van der Waals surface area contributed by atoms with E-state index in [1.165, 1.54) is 0 Å². The first-order chi connectivity index (χ1) is 9.16. The first-order valence-electron chi connectivity index (χ1n) is 4.00. The fourth-order valence-corrected chi connectivity index (χ4v) is 2.36. The predicted molar refractivity (Wildman–Crippen MR) is 57.2 cm³/mol. The number of ether oxygens (including phenoxy) is 1. The molecule has 0 rings (SSSR count). The predicted octanol–water partition coefficient (Wildman–Crippen LogP) is 2.73. The van der Waals surface area contributed by atoms with Gasteiger partial charge >= 0.3 is 21.4 Å². The van der Waals surface area contributed by atoms with E-state index in [0.717, 1.165) is 0 Å². The van der Waals surface area contributed by atoms with Gasteiger partial charge in [0.15, 0.2) is 10.0 Å². The first-order valence-corrected chi connectivity index (χ1v) is 7.86. The number of nitrogens with zero attached hydrogens (tertiary/aromatic N) is 1. The highest BCUT2D eigenvalue weighted by Crippen LogP contribution is 2.50. The van der Waals surface area contributed by atoms with Gasteiger partial charge in [-0.3, -0.25) is 0 Å². The van der Waals surface area contributed by atoms with Crippen molar-refractivity contribution in [1.29, 1.82) is 0 Å². The molecule has 0 atom stereocenters. The summed E-state index contributed by atoms with van der Waals surface area (Å²) in [5, 5.41) is -6.91. The highest BCUT2D eigenvalue weighted by molar-refractivity contribution is 14.1. The lowest BCUT2D eigenvalue weighted by molar-refractivity contribution is -0.438. The lowest BCUT2D eigenvalue weighted by Gasteiger charge is -2.33. The second kappa shape index (κ2) is 5.77. The van der Waals surface area contributed by atoms with Gasteiger partial charge in [0.05, 0.1) is 0 Å². The monoisotopic (exact) mass is 504 g/mol. The molecular weight excluding hydrogens is 504 g/mol. The molecule has 0 heterocycles. The van der Waals surface area contributed by atoms with Gasteiger partial charge in [0.2, 0.25) is 10.4 Å². The second-order valence-electron chi connectivity index (χ2n) is 3.11. The Morgan fingerprint density at radius 1 is 0.818 bits per heavy atom. The van der Waals surface area contributed by atoms with E-state index in [0.29, 0.717) is 4.13 Å². The van der Waals surface area contributed by atoms with Crippen LogP contribution in [0.5, 0.6) is 0 Å². The van der Waals surface area contributed by atoms with Crippen molar-refractivity contribution in [2.24, 2.45) is 0 Å². The third-order valence-corrected chi connectivity index (χ3v) is 4.45. The summed E-state index contributed by atoms with van der Waals surface area (Å²) in [6.07, 6.45) is -13.2. The first kappa shape index (κ1) is 21.9. The minimum Gasteiger partial charge on any atom is -0.402 e. The normalized spacial score (nSPS) is 15.9. The molecule has 0 aliphatic heterocycles. The van der Waals surface area contributed by atoms with Crippen molar-refractivity contribution in [3.63, 3.8) is 0 Å². The molecule has 0 spiro atoms. The van der Waals surface area contributed by atoms with E-state index in [2.05, 4.69) is 0 Å². The Bertz CT molecular complexity index is 625. The van der Waals surface area contributed by atoms with Crippen molar-refractivity contribution in [2.45, 2.75) is 21.4 Å². The molecule has 0 saturated carbocycles.